The molecule has 0 saturated heterocycles. The zero-order chi connectivity index (χ0) is 15.4. The molecule has 114 valence electrons. The van der Waals surface area contributed by atoms with E-state index in [1.807, 2.05) is 12.1 Å². The van der Waals surface area contributed by atoms with Crippen LogP contribution in [0.3, 0.4) is 0 Å². The summed E-state index contributed by atoms with van der Waals surface area (Å²) in [6.45, 7) is 0. The van der Waals surface area contributed by atoms with Gasteiger partial charge in [-0.2, -0.15) is 0 Å². The summed E-state index contributed by atoms with van der Waals surface area (Å²) in [6.07, 6.45) is 8.40. The van der Waals surface area contributed by atoms with Crippen molar-refractivity contribution < 1.29 is 0 Å². The highest BCUT2D eigenvalue weighted by Gasteiger charge is 2.16. The highest BCUT2D eigenvalue weighted by molar-refractivity contribution is 6.02. The lowest BCUT2D eigenvalue weighted by atomic mass is 9.92. The zero-order valence-corrected chi connectivity index (χ0v) is 12.7. The number of benzene rings is 1. The minimum absolute atomic E-state index is 0.281. The first-order valence-electron chi connectivity index (χ1n) is 7.85. The van der Waals surface area contributed by atoms with Crippen LogP contribution in [-0.4, -0.2) is 22.1 Å². The second-order valence-electron chi connectivity index (χ2n) is 5.83. The van der Waals surface area contributed by atoms with Crippen LogP contribution in [0.1, 0.15) is 25.7 Å². The van der Waals surface area contributed by atoms with Gasteiger partial charge < -0.3 is 11.5 Å². The van der Waals surface area contributed by atoms with E-state index in [9.17, 15) is 0 Å². The molecule has 2 atom stereocenters. The van der Waals surface area contributed by atoms with Gasteiger partial charge in [0.15, 0.2) is 0 Å². The van der Waals surface area contributed by atoms with E-state index in [0.717, 1.165) is 34.6 Å². The van der Waals surface area contributed by atoms with Crippen molar-refractivity contribution in [3.05, 3.63) is 48.8 Å². The number of rotatable bonds is 0. The third kappa shape index (κ3) is 3.24. The van der Waals surface area contributed by atoms with Crippen molar-refractivity contribution in [1.29, 1.82) is 0 Å². The average molecular weight is 294 g/mol. The predicted octanol–water partition coefficient (Wildman–Crippen LogP) is 3.00. The number of aromatic nitrogens is 2. The molecule has 0 aliphatic heterocycles. The van der Waals surface area contributed by atoms with Gasteiger partial charge >= 0.3 is 0 Å². The van der Waals surface area contributed by atoms with Crippen LogP contribution in [0.5, 0.6) is 0 Å². The first-order chi connectivity index (χ1) is 10.8. The van der Waals surface area contributed by atoms with Gasteiger partial charge in [-0.1, -0.05) is 37.1 Å². The molecular weight excluding hydrogens is 272 g/mol. The Morgan fingerprint density at radius 2 is 1.18 bits per heavy atom. The summed E-state index contributed by atoms with van der Waals surface area (Å²) in [5.41, 5.74) is 13.3. The van der Waals surface area contributed by atoms with Gasteiger partial charge in [-0.3, -0.25) is 9.97 Å². The Kier molecular flexibility index (Phi) is 4.61. The van der Waals surface area contributed by atoms with Crippen molar-refractivity contribution in [2.45, 2.75) is 37.8 Å². The van der Waals surface area contributed by atoms with Crippen LogP contribution < -0.4 is 11.5 Å². The normalized spacial score (nSPS) is 21.4. The van der Waals surface area contributed by atoms with Crippen molar-refractivity contribution in [3.63, 3.8) is 0 Å². The Morgan fingerprint density at radius 3 is 1.59 bits per heavy atom. The lowest BCUT2D eigenvalue weighted by Crippen LogP contribution is -2.43. The molecule has 4 heteroatoms. The maximum Gasteiger partial charge on any atom is 0.0964 e. The van der Waals surface area contributed by atoms with E-state index >= 15 is 0 Å². The first kappa shape index (κ1) is 14.9. The number of hydrogen-bond acceptors (Lipinski definition) is 4. The van der Waals surface area contributed by atoms with Crippen molar-refractivity contribution in [1.82, 2.24) is 9.97 Å². The van der Waals surface area contributed by atoms with Crippen molar-refractivity contribution in [3.8, 4) is 0 Å². The fourth-order valence-corrected chi connectivity index (χ4v) is 2.87. The molecule has 0 unspecified atom stereocenters. The van der Waals surface area contributed by atoms with Crippen LogP contribution >= 0.6 is 0 Å². The molecule has 22 heavy (non-hydrogen) atoms. The van der Waals surface area contributed by atoms with E-state index in [-0.39, 0.29) is 12.1 Å². The molecule has 0 bridgehead atoms. The van der Waals surface area contributed by atoms with Crippen molar-refractivity contribution >= 4 is 21.8 Å². The maximum absolute atomic E-state index is 5.65. The Hall–Kier alpha value is -2.04. The molecule has 2 aromatic heterocycles. The third-order valence-electron chi connectivity index (χ3n) is 4.22. The summed E-state index contributed by atoms with van der Waals surface area (Å²) in [7, 11) is 0. The lowest BCUT2D eigenvalue weighted by Gasteiger charge is -2.24. The fraction of sp³-hybridized carbons (Fsp3) is 0.333. The van der Waals surface area contributed by atoms with Crippen LogP contribution in [-0.2, 0) is 0 Å². The van der Waals surface area contributed by atoms with Gasteiger partial charge in [-0.05, 0) is 25.0 Å². The van der Waals surface area contributed by atoms with Gasteiger partial charge in [-0.25, -0.2) is 0 Å². The topological polar surface area (TPSA) is 77.8 Å². The molecule has 1 saturated carbocycles. The highest BCUT2D eigenvalue weighted by atomic mass is 14.8. The molecule has 4 nitrogen and oxygen atoms in total. The smallest absolute Gasteiger partial charge is 0.0964 e. The molecule has 0 spiro atoms. The Labute approximate surface area is 130 Å². The van der Waals surface area contributed by atoms with Crippen LogP contribution in [0.2, 0.25) is 0 Å². The Balaban J connectivity index is 0.000000154. The summed E-state index contributed by atoms with van der Waals surface area (Å²) in [6, 6.07) is 12.7. The monoisotopic (exact) mass is 294 g/mol. The minimum atomic E-state index is 0.281. The van der Waals surface area contributed by atoms with Gasteiger partial charge in [0.1, 0.15) is 0 Å². The second-order valence-corrected chi connectivity index (χ2v) is 5.83. The molecule has 4 rings (SSSR count). The SMILES string of the molecule is N[C@@H]1CCCC[C@H]1N.c1cnc2c(c1)ccc1cccnc12. The average Bonchev–Trinajstić information content (AvgIpc) is 2.58. The predicted molar refractivity (Wildman–Crippen MR) is 91.5 cm³/mol. The summed E-state index contributed by atoms with van der Waals surface area (Å²) in [5, 5.41) is 2.28. The van der Waals surface area contributed by atoms with Gasteiger partial charge in [-0.15, -0.1) is 0 Å². The summed E-state index contributed by atoms with van der Waals surface area (Å²) < 4.78 is 0. The summed E-state index contributed by atoms with van der Waals surface area (Å²) in [5.74, 6) is 0. The molecule has 0 amide bonds. The van der Waals surface area contributed by atoms with E-state index < -0.39 is 0 Å². The standard InChI is InChI=1S/C12H8N2.C6H14N2/c1-3-9-5-6-10-4-2-8-14-12(10)11(9)13-7-1;7-5-3-1-2-4-6(5)8/h1-8H;5-6H,1-4,7-8H2/t;5-,6-/m.1/s1. The molecule has 0 radical (unpaired) electrons. The molecule has 4 N–H and O–H groups in total. The maximum atomic E-state index is 5.65. The van der Waals surface area contributed by atoms with Gasteiger partial charge in [0.25, 0.3) is 0 Å². The number of pyridine rings is 2. The van der Waals surface area contributed by atoms with E-state index in [1.165, 1.54) is 12.8 Å². The largest absolute Gasteiger partial charge is 0.326 e. The summed E-state index contributed by atoms with van der Waals surface area (Å²) >= 11 is 0. The molecule has 1 aliphatic carbocycles. The number of nitrogens with zero attached hydrogens (tertiary/aromatic N) is 2. The van der Waals surface area contributed by atoms with Gasteiger partial charge in [0, 0.05) is 35.2 Å². The van der Waals surface area contributed by atoms with Crippen molar-refractivity contribution in [2.24, 2.45) is 11.5 Å². The molecule has 1 fully saturated rings. The van der Waals surface area contributed by atoms with Crippen molar-refractivity contribution in [2.75, 3.05) is 0 Å². The number of hydrogen-bond donors (Lipinski definition) is 2. The van der Waals surface area contributed by atoms with Crippen LogP contribution in [0.25, 0.3) is 21.8 Å². The molecule has 2 heterocycles. The van der Waals surface area contributed by atoms with Gasteiger partial charge in [0.2, 0.25) is 0 Å². The molecule has 1 aliphatic rings. The lowest BCUT2D eigenvalue weighted by molar-refractivity contribution is 0.385. The van der Waals surface area contributed by atoms with E-state index in [2.05, 4.69) is 34.2 Å². The van der Waals surface area contributed by atoms with Crippen LogP contribution in [0, 0.1) is 0 Å². The minimum Gasteiger partial charge on any atom is -0.326 e. The Morgan fingerprint density at radius 1 is 0.727 bits per heavy atom. The Bertz CT molecular complexity index is 691. The second kappa shape index (κ2) is 6.81. The highest BCUT2D eigenvalue weighted by Crippen LogP contribution is 2.20. The van der Waals surface area contributed by atoms with Crippen LogP contribution in [0.15, 0.2) is 48.8 Å². The third-order valence-corrected chi connectivity index (χ3v) is 4.22. The van der Waals surface area contributed by atoms with E-state index in [0.29, 0.717) is 0 Å². The molecular formula is C18H22N4. The van der Waals surface area contributed by atoms with E-state index in [1.54, 1.807) is 12.4 Å². The fourth-order valence-electron chi connectivity index (χ4n) is 2.87. The number of fused-ring (bicyclic) bond motifs is 3. The quantitative estimate of drug-likeness (QED) is 0.625. The molecule has 3 aromatic rings. The first-order valence-corrected chi connectivity index (χ1v) is 7.85. The van der Waals surface area contributed by atoms with Gasteiger partial charge in [0.05, 0.1) is 11.0 Å². The number of nitrogens with two attached hydrogens (primary N) is 2. The zero-order valence-electron chi connectivity index (χ0n) is 12.7. The van der Waals surface area contributed by atoms with Crippen LogP contribution in [0.4, 0.5) is 0 Å². The molecule has 1 aromatic carbocycles. The summed E-state index contributed by atoms with van der Waals surface area (Å²) in [4.78, 5) is 8.69. The van der Waals surface area contributed by atoms with E-state index in [4.69, 9.17) is 11.5 Å².